The fraction of sp³-hybridized carbons (Fsp3) is 0.333. The number of alkyl halides is 3. The maximum Gasteiger partial charge on any atom is 0.408 e. The molecule has 0 amide bonds. The van der Waals surface area contributed by atoms with Gasteiger partial charge in [0.1, 0.15) is 36.2 Å². The molecular formula is C15H13F3N6O. The molecule has 7 nitrogen and oxygen atoms in total. The van der Waals surface area contributed by atoms with E-state index in [1.54, 1.807) is 31.6 Å². The maximum atomic E-state index is 12.8. The van der Waals surface area contributed by atoms with E-state index < -0.39 is 12.7 Å². The Balaban J connectivity index is 1.81. The van der Waals surface area contributed by atoms with Gasteiger partial charge >= 0.3 is 6.18 Å². The molecule has 0 saturated carbocycles. The minimum absolute atomic E-state index is 0.0850. The minimum atomic E-state index is -4.39. The van der Waals surface area contributed by atoms with Crippen molar-refractivity contribution in [2.24, 2.45) is 0 Å². The van der Waals surface area contributed by atoms with Crippen LogP contribution in [0.3, 0.4) is 0 Å². The van der Waals surface area contributed by atoms with Crippen LogP contribution in [0, 0.1) is 6.92 Å². The number of halogens is 3. The van der Waals surface area contributed by atoms with Crippen molar-refractivity contribution < 1.29 is 17.9 Å². The molecule has 4 rings (SSSR count). The van der Waals surface area contributed by atoms with E-state index in [4.69, 9.17) is 4.74 Å². The van der Waals surface area contributed by atoms with Crippen molar-refractivity contribution in [2.45, 2.75) is 26.2 Å². The lowest BCUT2D eigenvalue weighted by Crippen LogP contribution is -2.19. The summed E-state index contributed by atoms with van der Waals surface area (Å²) in [5, 5.41) is 3.84. The standard InChI is InChI=1S/C15H13F3N6O/c1-9-20-14(24(22-9)8-15(16,17)18)11-7-23-4-5-25-12-2-3-19-6-10(12)13(23)21-11/h2-3,6-7H,4-5,8H2,1H3. The number of aryl methyl sites for hydroxylation is 1. The zero-order valence-electron chi connectivity index (χ0n) is 13.2. The Morgan fingerprint density at radius 2 is 2.08 bits per heavy atom. The van der Waals surface area contributed by atoms with Gasteiger partial charge in [-0.25, -0.2) is 14.6 Å². The van der Waals surface area contributed by atoms with Crippen LogP contribution in [0.5, 0.6) is 5.75 Å². The third-order valence-electron chi connectivity index (χ3n) is 3.72. The molecule has 130 valence electrons. The van der Waals surface area contributed by atoms with Crippen LogP contribution in [-0.4, -0.2) is 42.1 Å². The molecule has 0 aliphatic carbocycles. The molecule has 1 aliphatic heterocycles. The summed E-state index contributed by atoms with van der Waals surface area (Å²) in [6, 6.07) is 1.73. The Labute approximate surface area is 140 Å². The molecule has 0 saturated heterocycles. The van der Waals surface area contributed by atoms with Crippen molar-refractivity contribution in [3.8, 4) is 28.7 Å². The fourth-order valence-electron chi connectivity index (χ4n) is 2.76. The van der Waals surface area contributed by atoms with Gasteiger partial charge in [-0.3, -0.25) is 4.98 Å². The first kappa shape index (κ1) is 15.6. The highest BCUT2D eigenvalue weighted by Crippen LogP contribution is 2.32. The Bertz CT molecular complexity index is 930. The van der Waals surface area contributed by atoms with E-state index in [0.29, 0.717) is 36.0 Å². The second kappa shape index (κ2) is 5.57. The number of fused-ring (bicyclic) bond motifs is 3. The zero-order chi connectivity index (χ0) is 17.6. The van der Waals surface area contributed by atoms with Gasteiger partial charge in [0.25, 0.3) is 0 Å². The number of nitrogens with zero attached hydrogens (tertiary/aromatic N) is 6. The van der Waals surface area contributed by atoms with E-state index in [9.17, 15) is 13.2 Å². The summed E-state index contributed by atoms with van der Waals surface area (Å²) in [4.78, 5) is 12.7. The molecule has 3 aromatic rings. The van der Waals surface area contributed by atoms with Gasteiger partial charge in [0.05, 0.1) is 12.1 Å². The number of hydrogen-bond donors (Lipinski definition) is 0. The largest absolute Gasteiger partial charge is 0.491 e. The molecule has 4 heterocycles. The molecule has 0 aromatic carbocycles. The number of imidazole rings is 1. The maximum absolute atomic E-state index is 12.8. The van der Waals surface area contributed by atoms with Gasteiger partial charge in [-0.15, -0.1) is 0 Å². The van der Waals surface area contributed by atoms with Crippen LogP contribution >= 0.6 is 0 Å². The molecule has 10 heteroatoms. The summed E-state index contributed by atoms with van der Waals surface area (Å²) in [7, 11) is 0. The summed E-state index contributed by atoms with van der Waals surface area (Å²) in [6.07, 6.45) is 0.504. The number of ether oxygens (including phenoxy) is 1. The molecule has 25 heavy (non-hydrogen) atoms. The van der Waals surface area contributed by atoms with Crippen LogP contribution in [0.4, 0.5) is 13.2 Å². The first-order chi connectivity index (χ1) is 11.9. The van der Waals surface area contributed by atoms with E-state index >= 15 is 0 Å². The van der Waals surface area contributed by atoms with Gasteiger partial charge in [-0.1, -0.05) is 0 Å². The highest BCUT2D eigenvalue weighted by Gasteiger charge is 2.31. The molecule has 0 unspecified atom stereocenters. The highest BCUT2D eigenvalue weighted by molar-refractivity contribution is 5.67. The normalized spacial score (nSPS) is 13.8. The summed E-state index contributed by atoms with van der Waals surface area (Å²) in [5.41, 5.74) is 1.02. The van der Waals surface area contributed by atoms with E-state index in [-0.39, 0.29) is 11.6 Å². The lowest BCUT2D eigenvalue weighted by atomic mass is 10.2. The third kappa shape index (κ3) is 2.94. The van der Waals surface area contributed by atoms with Crippen LogP contribution in [0.2, 0.25) is 0 Å². The van der Waals surface area contributed by atoms with E-state index in [2.05, 4.69) is 20.1 Å². The topological polar surface area (TPSA) is 70.7 Å². The zero-order valence-corrected chi connectivity index (χ0v) is 13.2. The van der Waals surface area contributed by atoms with Crippen molar-refractivity contribution in [2.75, 3.05) is 6.61 Å². The number of hydrogen-bond acceptors (Lipinski definition) is 5. The van der Waals surface area contributed by atoms with Crippen molar-refractivity contribution >= 4 is 0 Å². The van der Waals surface area contributed by atoms with Crippen molar-refractivity contribution in [3.63, 3.8) is 0 Å². The SMILES string of the molecule is Cc1nc(-c2cn3c(n2)-c2cnccc2OCC3)n(CC(F)(F)F)n1. The predicted molar refractivity (Wildman–Crippen MR) is 80.8 cm³/mol. The van der Waals surface area contributed by atoms with Crippen molar-refractivity contribution in [1.82, 2.24) is 29.3 Å². The Morgan fingerprint density at radius 3 is 2.88 bits per heavy atom. The average Bonchev–Trinajstić information content (AvgIpc) is 3.05. The van der Waals surface area contributed by atoms with Crippen LogP contribution < -0.4 is 4.74 Å². The summed E-state index contributed by atoms with van der Waals surface area (Å²) in [6.45, 7) is 1.27. The summed E-state index contributed by atoms with van der Waals surface area (Å²) in [5.74, 6) is 1.56. The number of aromatic nitrogens is 6. The molecular weight excluding hydrogens is 337 g/mol. The van der Waals surface area contributed by atoms with Gasteiger partial charge in [-0.2, -0.15) is 18.3 Å². The van der Waals surface area contributed by atoms with Gasteiger partial charge in [0.15, 0.2) is 5.82 Å². The first-order valence-electron chi connectivity index (χ1n) is 7.53. The molecule has 0 fully saturated rings. The van der Waals surface area contributed by atoms with Crippen molar-refractivity contribution in [1.29, 1.82) is 0 Å². The Morgan fingerprint density at radius 1 is 1.24 bits per heavy atom. The Kier molecular flexibility index (Phi) is 3.48. The first-order valence-corrected chi connectivity index (χ1v) is 7.53. The van der Waals surface area contributed by atoms with Gasteiger partial charge < -0.3 is 9.30 Å². The smallest absolute Gasteiger partial charge is 0.408 e. The molecule has 0 spiro atoms. The average molecular weight is 350 g/mol. The Hall–Kier alpha value is -2.91. The lowest BCUT2D eigenvalue weighted by Gasteiger charge is -2.07. The van der Waals surface area contributed by atoms with Crippen molar-refractivity contribution in [3.05, 3.63) is 30.5 Å². The van der Waals surface area contributed by atoms with Crippen LogP contribution in [0.25, 0.3) is 22.9 Å². The van der Waals surface area contributed by atoms with Gasteiger partial charge in [-0.05, 0) is 13.0 Å². The molecule has 1 aliphatic rings. The summed E-state index contributed by atoms with van der Waals surface area (Å²) < 4.78 is 46.7. The van der Waals surface area contributed by atoms with E-state index in [1.165, 1.54) is 0 Å². The molecule has 0 bridgehead atoms. The fourth-order valence-corrected chi connectivity index (χ4v) is 2.76. The molecule has 0 atom stereocenters. The summed E-state index contributed by atoms with van der Waals surface area (Å²) >= 11 is 0. The van der Waals surface area contributed by atoms with Gasteiger partial charge in [0.2, 0.25) is 0 Å². The second-order valence-electron chi connectivity index (χ2n) is 5.62. The van der Waals surface area contributed by atoms with E-state index in [0.717, 1.165) is 4.68 Å². The second-order valence-corrected chi connectivity index (χ2v) is 5.62. The highest BCUT2D eigenvalue weighted by atomic mass is 19.4. The predicted octanol–water partition coefficient (Wildman–Crippen LogP) is 2.47. The third-order valence-corrected chi connectivity index (χ3v) is 3.72. The lowest BCUT2D eigenvalue weighted by molar-refractivity contribution is -0.142. The van der Waals surface area contributed by atoms with Crippen LogP contribution in [0.15, 0.2) is 24.7 Å². The molecule has 3 aromatic heterocycles. The number of pyridine rings is 1. The quantitative estimate of drug-likeness (QED) is 0.710. The van der Waals surface area contributed by atoms with E-state index in [1.807, 2.05) is 4.57 Å². The minimum Gasteiger partial charge on any atom is -0.491 e. The van der Waals surface area contributed by atoms with Crippen LogP contribution in [-0.2, 0) is 13.1 Å². The van der Waals surface area contributed by atoms with Crippen LogP contribution in [0.1, 0.15) is 5.82 Å². The van der Waals surface area contributed by atoms with Gasteiger partial charge in [0, 0.05) is 18.6 Å². The molecule has 0 N–H and O–H groups in total. The monoisotopic (exact) mass is 350 g/mol. The number of rotatable bonds is 2. The molecule has 0 radical (unpaired) electrons.